The van der Waals surface area contributed by atoms with Crippen LogP contribution in [0.15, 0.2) is 18.2 Å². The number of hydrogen-bond acceptors (Lipinski definition) is 5. The van der Waals surface area contributed by atoms with E-state index in [0.717, 1.165) is 36.5 Å². The maximum atomic E-state index is 5.76. The van der Waals surface area contributed by atoms with Crippen LogP contribution < -0.4 is 9.31 Å². The van der Waals surface area contributed by atoms with E-state index in [1.54, 1.807) is 0 Å². The first kappa shape index (κ1) is 13.8. The lowest BCUT2D eigenvalue weighted by atomic mass is 9.80. The van der Waals surface area contributed by atoms with Crippen molar-refractivity contribution in [3.63, 3.8) is 0 Å². The summed E-state index contributed by atoms with van der Waals surface area (Å²) < 4.78 is 22.6. The van der Waals surface area contributed by atoms with E-state index >= 15 is 0 Å². The molecule has 2 aliphatic rings. The molecule has 3 rings (SSSR count). The van der Waals surface area contributed by atoms with E-state index < -0.39 is 0 Å². The van der Waals surface area contributed by atoms with Crippen molar-refractivity contribution in [2.24, 2.45) is 0 Å². The van der Waals surface area contributed by atoms with Gasteiger partial charge in [0.1, 0.15) is 11.5 Å². The molecule has 1 aromatic carbocycles. The Morgan fingerprint density at radius 3 is 2.55 bits per heavy atom. The number of rotatable bonds is 2. The van der Waals surface area contributed by atoms with Crippen LogP contribution >= 0.6 is 0 Å². The molecule has 106 valence electrons. The Hall–Kier alpha value is -1.17. The Morgan fingerprint density at radius 2 is 1.80 bits per heavy atom. The van der Waals surface area contributed by atoms with Gasteiger partial charge in [0.2, 0.25) is 0 Å². The molecule has 0 spiro atoms. The van der Waals surface area contributed by atoms with Gasteiger partial charge in [-0.2, -0.15) is 0 Å². The Kier molecular flexibility index (Phi) is 4.19. The van der Waals surface area contributed by atoms with Gasteiger partial charge in [0.05, 0.1) is 0 Å². The minimum absolute atomic E-state index is 0.179. The SMILES string of the molecule is CB1Oc2ccc(CB3OCCN(C)CCO3)cc2O1. The number of nitrogens with zero attached hydrogens (tertiary/aromatic N) is 1. The molecule has 0 radical (unpaired) electrons. The summed E-state index contributed by atoms with van der Waals surface area (Å²) >= 11 is 0. The maximum Gasteiger partial charge on any atom is 0.591 e. The van der Waals surface area contributed by atoms with Gasteiger partial charge in [0.15, 0.2) is 0 Å². The molecular formula is C13H19B2NO4. The number of benzene rings is 1. The summed E-state index contributed by atoms with van der Waals surface area (Å²) in [5, 5.41) is 0. The average molecular weight is 275 g/mol. The molecule has 2 heterocycles. The highest BCUT2D eigenvalue weighted by Gasteiger charge is 2.27. The Bertz CT molecular complexity index is 464. The van der Waals surface area contributed by atoms with Crippen molar-refractivity contribution in [2.75, 3.05) is 33.4 Å². The van der Waals surface area contributed by atoms with Crippen LogP contribution in [0.3, 0.4) is 0 Å². The normalized spacial score (nSPS) is 19.9. The molecule has 0 aliphatic carbocycles. The maximum absolute atomic E-state index is 5.76. The van der Waals surface area contributed by atoms with E-state index in [2.05, 4.69) is 11.9 Å². The predicted molar refractivity (Wildman–Crippen MR) is 78.2 cm³/mol. The average Bonchev–Trinajstić information content (AvgIpc) is 2.75. The highest BCUT2D eigenvalue weighted by atomic mass is 16.6. The molecular weight excluding hydrogens is 256 g/mol. The van der Waals surface area contributed by atoms with E-state index in [4.69, 9.17) is 18.6 Å². The van der Waals surface area contributed by atoms with Crippen molar-refractivity contribution in [1.82, 2.24) is 4.90 Å². The molecule has 1 saturated heterocycles. The number of likely N-dealkylation sites (N-methyl/N-ethyl adjacent to an activating group) is 1. The van der Waals surface area contributed by atoms with Gasteiger partial charge in [-0.3, -0.25) is 0 Å². The summed E-state index contributed by atoms with van der Waals surface area (Å²) in [5.41, 5.74) is 1.14. The molecule has 20 heavy (non-hydrogen) atoms. The fourth-order valence-electron chi connectivity index (χ4n) is 2.40. The zero-order valence-corrected chi connectivity index (χ0v) is 12.0. The van der Waals surface area contributed by atoms with Gasteiger partial charge in [-0.1, -0.05) is 6.07 Å². The van der Waals surface area contributed by atoms with E-state index in [1.165, 1.54) is 0 Å². The molecule has 5 nitrogen and oxygen atoms in total. The monoisotopic (exact) mass is 275 g/mol. The first-order chi connectivity index (χ1) is 9.70. The van der Waals surface area contributed by atoms with Crippen LogP contribution in [0.1, 0.15) is 5.56 Å². The zero-order valence-electron chi connectivity index (χ0n) is 12.0. The van der Waals surface area contributed by atoms with Crippen LogP contribution in [0.4, 0.5) is 0 Å². The Labute approximate surface area is 120 Å². The minimum atomic E-state index is -0.204. The fourth-order valence-corrected chi connectivity index (χ4v) is 2.40. The van der Waals surface area contributed by atoms with E-state index in [1.807, 2.05) is 25.0 Å². The Morgan fingerprint density at radius 1 is 1.10 bits per heavy atom. The van der Waals surface area contributed by atoms with Crippen molar-refractivity contribution < 1.29 is 18.6 Å². The van der Waals surface area contributed by atoms with E-state index in [0.29, 0.717) is 13.2 Å². The first-order valence-electron chi connectivity index (χ1n) is 7.09. The standard InChI is InChI=1S/C13H19B2NO4/c1-14-19-12-4-3-11(9-13(12)20-14)10-15-17-7-5-16(2)6-8-18-15/h3-4,9H,5-8,10H2,1-2H3. The molecule has 0 amide bonds. The van der Waals surface area contributed by atoms with Gasteiger partial charge in [-0.15, -0.1) is 0 Å². The van der Waals surface area contributed by atoms with Crippen molar-refractivity contribution in [3.8, 4) is 11.5 Å². The summed E-state index contributed by atoms with van der Waals surface area (Å²) in [6, 6.07) is 6.00. The van der Waals surface area contributed by atoms with Crippen molar-refractivity contribution in [3.05, 3.63) is 23.8 Å². The fraction of sp³-hybridized carbons (Fsp3) is 0.538. The van der Waals surface area contributed by atoms with Gasteiger partial charge in [0.25, 0.3) is 0 Å². The summed E-state index contributed by atoms with van der Waals surface area (Å²) in [6.07, 6.45) is 0.731. The second-order valence-electron chi connectivity index (χ2n) is 5.26. The zero-order chi connectivity index (χ0) is 13.9. The van der Waals surface area contributed by atoms with Gasteiger partial charge >= 0.3 is 14.2 Å². The molecule has 0 saturated carbocycles. The van der Waals surface area contributed by atoms with Crippen LogP contribution in [0.5, 0.6) is 11.5 Å². The molecule has 7 heteroatoms. The molecule has 0 unspecified atom stereocenters. The highest BCUT2D eigenvalue weighted by Crippen LogP contribution is 2.34. The third kappa shape index (κ3) is 3.29. The smallest absolute Gasteiger partial charge is 0.523 e. The van der Waals surface area contributed by atoms with Crippen LogP contribution in [0.25, 0.3) is 0 Å². The van der Waals surface area contributed by atoms with Gasteiger partial charge in [0, 0.05) is 32.6 Å². The Balaban J connectivity index is 1.61. The highest BCUT2D eigenvalue weighted by molar-refractivity contribution is 6.46. The molecule has 2 aliphatic heterocycles. The second kappa shape index (κ2) is 6.08. The van der Waals surface area contributed by atoms with Crippen molar-refractivity contribution in [2.45, 2.75) is 13.1 Å². The summed E-state index contributed by atoms with van der Waals surface area (Å²) in [7, 11) is 1.69. The first-order valence-corrected chi connectivity index (χ1v) is 7.09. The minimum Gasteiger partial charge on any atom is -0.523 e. The summed E-state index contributed by atoms with van der Waals surface area (Å²) in [4.78, 5) is 2.21. The molecule has 0 N–H and O–H groups in total. The van der Waals surface area contributed by atoms with Gasteiger partial charge in [-0.25, -0.2) is 0 Å². The van der Waals surface area contributed by atoms with E-state index in [-0.39, 0.29) is 14.2 Å². The number of fused-ring (bicyclic) bond motifs is 1. The third-order valence-electron chi connectivity index (χ3n) is 3.55. The van der Waals surface area contributed by atoms with Gasteiger partial charge < -0.3 is 23.5 Å². The van der Waals surface area contributed by atoms with Crippen molar-refractivity contribution >= 4 is 14.2 Å². The molecule has 0 atom stereocenters. The van der Waals surface area contributed by atoms with Crippen LogP contribution in [0, 0.1) is 0 Å². The lowest BCUT2D eigenvalue weighted by Gasteiger charge is -2.24. The summed E-state index contributed by atoms with van der Waals surface area (Å²) in [5.74, 6) is 1.61. The quantitative estimate of drug-likeness (QED) is 0.756. The molecule has 0 aromatic heterocycles. The van der Waals surface area contributed by atoms with Crippen LogP contribution in [0.2, 0.25) is 6.82 Å². The van der Waals surface area contributed by atoms with E-state index in [9.17, 15) is 0 Å². The number of hydrogen-bond donors (Lipinski definition) is 0. The topological polar surface area (TPSA) is 40.2 Å². The molecule has 1 aromatic rings. The lowest BCUT2D eigenvalue weighted by molar-refractivity contribution is 0.124. The second-order valence-corrected chi connectivity index (χ2v) is 5.26. The summed E-state index contributed by atoms with van der Waals surface area (Å²) in [6.45, 7) is 5.17. The third-order valence-corrected chi connectivity index (χ3v) is 3.55. The molecule has 0 bridgehead atoms. The van der Waals surface area contributed by atoms with Crippen LogP contribution in [-0.4, -0.2) is 52.5 Å². The largest absolute Gasteiger partial charge is 0.591 e. The predicted octanol–water partition coefficient (Wildman–Crippen LogP) is 1.12. The molecule has 1 fully saturated rings. The lowest BCUT2D eigenvalue weighted by Crippen LogP contribution is -2.38. The van der Waals surface area contributed by atoms with Crippen molar-refractivity contribution in [1.29, 1.82) is 0 Å². The van der Waals surface area contributed by atoms with Gasteiger partial charge in [-0.05, 0) is 31.6 Å². The van der Waals surface area contributed by atoms with Crippen LogP contribution in [-0.2, 0) is 15.6 Å².